The van der Waals surface area contributed by atoms with Gasteiger partial charge in [-0.2, -0.15) is 0 Å². The SMILES string of the molecule is O=C(N1CC=C(c2cc(F)ccc2F)C1)N(c1ccccc1CO)[C@H]1CNC[C@@H]1F. The molecule has 2 heterocycles. The van der Waals surface area contributed by atoms with E-state index in [1.807, 2.05) is 0 Å². The highest BCUT2D eigenvalue weighted by Gasteiger charge is 2.39. The molecule has 2 aromatic carbocycles. The molecule has 2 amide bonds. The maximum atomic E-state index is 14.6. The summed E-state index contributed by atoms with van der Waals surface area (Å²) in [6.45, 7) is 0.384. The van der Waals surface area contributed by atoms with Gasteiger partial charge in [0.25, 0.3) is 0 Å². The molecule has 0 bridgehead atoms. The summed E-state index contributed by atoms with van der Waals surface area (Å²) in [5.74, 6) is -1.13. The zero-order chi connectivity index (χ0) is 21.3. The van der Waals surface area contributed by atoms with Crippen molar-refractivity contribution in [3.8, 4) is 0 Å². The number of alkyl halides is 1. The van der Waals surface area contributed by atoms with Gasteiger partial charge in [-0.05, 0) is 29.8 Å². The molecule has 2 aliphatic rings. The van der Waals surface area contributed by atoms with E-state index in [4.69, 9.17) is 0 Å². The molecule has 0 saturated carbocycles. The molecular formula is C22H22F3N3O2. The first kappa shape index (κ1) is 20.4. The van der Waals surface area contributed by atoms with Crippen LogP contribution in [0.15, 0.2) is 48.5 Å². The molecule has 158 valence electrons. The van der Waals surface area contributed by atoms with Crippen LogP contribution in [0.1, 0.15) is 11.1 Å². The standard InChI is InChI=1S/C22H22F3N3O2/c23-16-5-6-18(24)17(9-16)14-7-8-27(12-14)22(30)28(21-11-26-10-19(21)25)20-4-2-1-3-15(20)13-29/h1-7,9,19,21,26,29H,8,10-13H2/t19-,21-/m0/s1. The van der Waals surface area contributed by atoms with Crippen molar-refractivity contribution in [1.82, 2.24) is 10.2 Å². The Bertz CT molecular complexity index is 982. The Morgan fingerprint density at radius 2 is 2.00 bits per heavy atom. The number of hydrogen-bond donors (Lipinski definition) is 2. The van der Waals surface area contributed by atoms with E-state index < -0.39 is 29.9 Å². The average Bonchev–Trinajstić information content (AvgIpc) is 3.40. The first-order valence-corrected chi connectivity index (χ1v) is 9.75. The molecule has 2 aromatic rings. The van der Waals surface area contributed by atoms with Gasteiger partial charge in [0, 0.05) is 37.3 Å². The molecule has 30 heavy (non-hydrogen) atoms. The highest BCUT2D eigenvalue weighted by molar-refractivity contribution is 5.95. The number of rotatable bonds is 4. The van der Waals surface area contributed by atoms with E-state index in [1.165, 1.54) is 9.80 Å². The Morgan fingerprint density at radius 3 is 2.73 bits per heavy atom. The van der Waals surface area contributed by atoms with Crippen LogP contribution in [-0.4, -0.2) is 54.4 Å². The fourth-order valence-electron chi connectivity index (χ4n) is 3.98. The summed E-state index contributed by atoms with van der Waals surface area (Å²) in [7, 11) is 0. The Balaban J connectivity index is 1.62. The van der Waals surface area contributed by atoms with Crippen molar-refractivity contribution in [3.63, 3.8) is 0 Å². The van der Waals surface area contributed by atoms with E-state index in [9.17, 15) is 23.1 Å². The molecule has 0 aliphatic carbocycles. The molecule has 0 radical (unpaired) electrons. The highest BCUT2D eigenvalue weighted by atomic mass is 19.1. The average molecular weight is 417 g/mol. The number of benzene rings is 2. The van der Waals surface area contributed by atoms with Gasteiger partial charge in [-0.15, -0.1) is 0 Å². The normalized spacial score (nSPS) is 21.1. The Hall–Kier alpha value is -2.84. The van der Waals surface area contributed by atoms with Gasteiger partial charge >= 0.3 is 6.03 Å². The van der Waals surface area contributed by atoms with Gasteiger partial charge in [0.2, 0.25) is 0 Å². The molecule has 2 aliphatic heterocycles. The zero-order valence-electron chi connectivity index (χ0n) is 16.2. The van der Waals surface area contributed by atoms with Crippen LogP contribution in [-0.2, 0) is 6.61 Å². The topological polar surface area (TPSA) is 55.8 Å². The summed E-state index contributed by atoms with van der Waals surface area (Å²) >= 11 is 0. The maximum Gasteiger partial charge on any atom is 0.325 e. The summed E-state index contributed by atoms with van der Waals surface area (Å²) in [5.41, 5.74) is 1.55. The van der Waals surface area contributed by atoms with Crippen molar-refractivity contribution >= 4 is 17.3 Å². The number of anilines is 1. The number of hydrogen-bond acceptors (Lipinski definition) is 3. The van der Waals surface area contributed by atoms with Crippen molar-refractivity contribution in [2.24, 2.45) is 0 Å². The predicted molar refractivity (Wildman–Crippen MR) is 108 cm³/mol. The molecule has 5 nitrogen and oxygen atoms in total. The molecule has 0 spiro atoms. The Morgan fingerprint density at radius 1 is 1.20 bits per heavy atom. The minimum atomic E-state index is -1.27. The molecule has 0 unspecified atom stereocenters. The van der Waals surface area contributed by atoms with Crippen LogP contribution in [0.2, 0.25) is 0 Å². The minimum Gasteiger partial charge on any atom is -0.392 e. The fourth-order valence-corrected chi connectivity index (χ4v) is 3.98. The van der Waals surface area contributed by atoms with Crippen molar-refractivity contribution in [2.75, 3.05) is 31.1 Å². The quantitative estimate of drug-likeness (QED) is 0.804. The van der Waals surface area contributed by atoms with Gasteiger partial charge in [-0.3, -0.25) is 4.90 Å². The monoisotopic (exact) mass is 417 g/mol. The van der Waals surface area contributed by atoms with Gasteiger partial charge in [0.1, 0.15) is 17.8 Å². The Kier molecular flexibility index (Phi) is 5.78. The lowest BCUT2D eigenvalue weighted by Crippen LogP contribution is -2.52. The van der Waals surface area contributed by atoms with Crippen molar-refractivity contribution in [2.45, 2.75) is 18.8 Å². The minimum absolute atomic E-state index is 0.0775. The van der Waals surface area contributed by atoms with E-state index in [1.54, 1.807) is 30.3 Å². The van der Waals surface area contributed by atoms with Crippen molar-refractivity contribution < 1.29 is 23.1 Å². The van der Waals surface area contributed by atoms with E-state index in [0.717, 1.165) is 18.2 Å². The van der Waals surface area contributed by atoms with E-state index in [-0.39, 0.29) is 38.3 Å². The summed E-state index contributed by atoms with van der Waals surface area (Å²) < 4.78 is 42.3. The highest BCUT2D eigenvalue weighted by Crippen LogP contribution is 2.30. The largest absolute Gasteiger partial charge is 0.392 e. The van der Waals surface area contributed by atoms with E-state index in [2.05, 4.69) is 5.32 Å². The van der Waals surface area contributed by atoms with Crippen LogP contribution >= 0.6 is 0 Å². The smallest absolute Gasteiger partial charge is 0.325 e. The molecule has 1 fully saturated rings. The van der Waals surface area contributed by atoms with E-state index in [0.29, 0.717) is 16.8 Å². The Labute approximate surface area is 172 Å². The second-order valence-electron chi connectivity index (χ2n) is 7.42. The lowest BCUT2D eigenvalue weighted by molar-refractivity contribution is 0.210. The van der Waals surface area contributed by atoms with Crippen LogP contribution in [0.5, 0.6) is 0 Å². The number of aliphatic hydroxyl groups excluding tert-OH is 1. The molecule has 8 heteroatoms. The number of para-hydroxylation sites is 1. The summed E-state index contributed by atoms with van der Waals surface area (Å²) in [4.78, 5) is 16.3. The van der Waals surface area contributed by atoms with Crippen LogP contribution in [0.3, 0.4) is 0 Å². The number of nitrogens with zero attached hydrogens (tertiary/aromatic N) is 2. The third-order valence-corrected chi connectivity index (χ3v) is 5.53. The van der Waals surface area contributed by atoms with Crippen LogP contribution < -0.4 is 10.2 Å². The second-order valence-corrected chi connectivity index (χ2v) is 7.42. The van der Waals surface area contributed by atoms with Crippen LogP contribution in [0, 0.1) is 11.6 Å². The van der Waals surface area contributed by atoms with Crippen molar-refractivity contribution in [3.05, 3.63) is 71.3 Å². The number of aliphatic hydroxyl groups is 1. The molecule has 0 aromatic heterocycles. The third kappa shape index (κ3) is 3.80. The number of halogens is 3. The predicted octanol–water partition coefficient (Wildman–Crippen LogP) is 3.09. The number of amides is 2. The van der Waals surface area contributed by atoms with Gasteiger partial charge in [0.15, 0.2) is 0 Å². The molecule has 2 atom stereocenters. The molecule has 1 saturated heterocycles. The summed E-state index contributed by atoms with van der Waals surface area (Å²) in [5, 5.41) is 12.7. The molecular weight excluding hydrogens is 395 g/mol. The van der Waals surface area contributed by atoms with Crippen molar-refractivity contribution in [1.29, 1.82) is 0 Å². The molecule has 2 N–H and O–H groups in total. The summed E-state index contributed by atoms with van der Waals surface area (Å²) in [6, 6.07) is 8.82. The summed E-state index contributed by atoms with van der Waals surface area (Å²) in [6.07, 6.45) is 0.405. The second kappa shape index (κ2) is 8.49. The third-order valence-electron chi connectivity index (χ3n) is 5.53. The number of carbonyl (C=O) groups excluding carboxylic acids is 1. The number of urea groups is 1. The number of nitrogens with one attached hydrogen (secondary N) is 1. The van der Waals surface area contributed by atoms with E-state index >= 15 is 0 Å². The first-order valence-electron chi connectivity index (χ1n) is 9.75. The molecule has 4 rings (SSSR count). The number of carbonyl (C=O) groups is 1. The maximum absolute atomic E-state index is 14.6. The first-order chi connectivity index (χ1) is 14.5. The van der Waals surface area contributed by atoms with Gasteiger partial charge < -0.3 is 15.3 Å². The van der Waals surface area contributed by atoms with Crippen LogP contribution in [0.4, 0.5) is 23.7 Å². The lowest BCUT2D eigenvalue weighted by atomic mass is 10.1. The van der Waals surface area contributed by atoms with Gasteiger partial charge in [-0.1, -0.05) is 24.3 Å². The zero-order valence-corrected chi connectivity index (χ0v) is 16.2. The van der Waals surface area contributed by atoms with Gasteiger partial charge in [-0.25, -0.2) is 18.0 Å². The lowest BCUT2D eigenvalue weighted by Gasteiger charge is -2.34. The fraction of sp³-hybridized carbons (Fsp3) is 0.318. The van der Waals surface area contributed by atoms with Gasteiger partial charge in [0.05, 0.1) is 18.3 Å². The van der Waals surface area contributed by atoms with Crippen LogP contribution in [0.25, 0.3) is 5.57 Å².